The summed E-state index contributed by atoms with van der Waals surface area (Å²) in [5.74, 6) is 1.54. The van der Waals surface area contributed by atoms with E-state index in [9.17, 15) is 0 Å². The molecule has 0 heterocycles. The monoisotopic (exact) mass is 233 g/mol. The highest BCUT2D eigenvalue weighted by atomic mass is 16.5. The molecule has 1 N–H and O–H groups in total. The highest BCUT2D eigenvalue weighted by Crippen LogP contribution is 2.29. The summed E-state index contributed by atoms with van der Waals surface area (Å²) in [5.41, 5.74) is 1.36. The molecule has 2 unspecified atom stereocenters. The van der Waals surface area contributed by atoms with Crippen LogP contribution in [0.2, 0.25) is 0 Å². The van der Waals surface area contributed by atoms with Crippen molar-refractivity contribution < 1.29 is 4.74 Å². The Morgan fingerprint density at radius 1 is 1.35 bits per heavy atom. The molecule has 2 rings (SSSR count). The van der Waals surface area contributed by atoms with Crippen molar-refractivity contribution in [1.29, 1.82) is 0 Å². The van der Waals surface area contributed by atoms with Crippen LogP contribution in [-0.4, -0.2) is 18.7 Å². The van der Waals surface area contributed by atoms with Crippen LogP contribution >= 0.6 is 0 Å². The minimum absolute atomic E-state index is 0.478. The molecule has 2 nitrogen and oxygen atoms in total. The summed E-state index contributed by atoms with van der Waals surface area (Å²) in [4.78, 5) is 0. The van der Waals surface area contributed by atoms with Crippen molar-refractivity contribution in [3.8, 4) is 5.75 Å². The Morgan fingerprint density at radius 3 is 2.76 bits per heavy atom. The number of nitrogens with one attached hydrogen (secondary N) is 1. The van der Waals surface area contributed by atoms with E-state index in [1.807, 2.05) is 0 Å². The number of benzene rings is 1. The average Bonchev–Trinajstić information content (AvgIpc) is 3.12. The first-order valence-electron chi connectivity index (χ1n) is 6.70. The van der Waals surface area contributed by atoms with E-state index in [2.05, 4.69) is 50.4 Å². The van der Waals surface area contributed by atoms with E-state index >= 15 is 0 Å². The van der Waals surface area contributed by atoms with Gasteiger partial charge in [0.05, 0.1) is 6.10 Å². The maximum absolute atomic E-state index is 5.84. The quantitative estimate of drug-likeness (QED) is 0.813. The summed E-state index contributed by atoms with van der Waals surface area (Å²) in [5, 5.41) is 3.48. The molecule has 17 heavy (non-hydrogen) atoms. The van der Waals surface area contributed by atoms with Crippen molar-refractivity contribution in [2.75, 3.05) is 6.54 Å². The zero-order valence-electron chi connectivity index (χ0n) is 11.1. The predicted molar refractivity (Wildman–Crippen MR) is 71.6 cm³/mol. The second kappa shape index (κ2) is 5.54. The van der Waals surface area contributed by atoms with Crippen LogP contribution in [0.1, 0.15) is 45.1 Å². The number of hydrogen-bond donors (Lipinski definition) is 1. The summed E-state index contributed by atoms with van der Waals surface area (Å²) in [7, 11) is 0. The van der Waals surface area contributed by atoms with E-state index in [1.165, 1.54) is 18.4 Å². The van der Waals surface area contributed by atoms with E-state index in [1.54, 1.807) is 0 Å². The zero-order chi connectivity index (χ0) is 12.3. The number of ether oxygens (including phenoxy) is 1. The van der Waals surface area contributed by atoms with Crippen molar-refractivity contribution >= 4 is 0 Å². The molecule has 0 aliphatic heterocycles. The fourth-order valence-corrected chi connectivity index (χ4v) is 2.04. The smallest absolute Gasteiger partial charge is 0.120 e. The summed E-state index contributed by atoms with van der Waals surface area (Å²) in [6, 6.07) is 9.04. The maximum atomic E-state index is 5.84. The van der Waals surface area contributed by atoms with E-state index in [-0.39, 0.29) is 0 Å². The van der Waals surface area contributed by atoms with Crippen molar-refractivity contribution in [3.05, 3.63) is 29.8 Å². The SMILES string of the molecule is CCNC(C)C(C)c1cccc(OC2CC2)c1. The van der Waals surface area contributed by atoms with Crippen molar-refractivity contribution in [2.45, 2.75) is 51.7 Å². The molecular weight excluding hydrogens is 210 g/mol. The molecule has 94 valence electrons. The Balaban J connectivity index is 2.03. The van der Waals surface area contributed by atoms with Crippen LogP contribution in [0, 0.1) is 0 Å². The fourth-order valence-electron chi connectivity index (χ4n) is 2.04. The summed E-state index contributed by atoms with van der Waals surface area (Å²) < 4.78 is 5.84. The molecule has 0 radical (unpaired) electrons. The molecule has 0 saturated heterocycles. The van der Waals surface area contributed by atoms with Crippen LogP contribution in [0.3, 0.4) is 0 Å². The Morgan fingerprint density at radius 2 is 2.12 bits per heavy atom. The van der Waals surface area contributed by atoms with Gasteiger partial charge in [0, 0.05) is 6.04 Å². The van der Waals surface area contributed by atoms with Gasteiger partial charge in [0.2, 0.25) is 0 Å². The topological polar surface area (TPSA) is 21.3 Å². The fraction of sp³-hybridized carbons (Fsp3) is 0.600. The Kier molecular flexibility index (Phi) is 4.06. The predicted octanol–water partition coefficient (Wildman–Crippen LogP) is 3.33. The first-order chi connectivity index (χ1) is 8.20. The van der Waals surface area contributed by atoms with Gasteiger partial charge in [-0.05, 0) is 49.9 Å². The number of likely N-dealkylation sites (N-methyl/N-ethyl adjacent to an activating group) is 1. The molecule has 1 fully saturated rings. The second-order valence-electron chi connectivity index (χ2n) is 5.02. The average molecular weight is 233 g/mol. The van der Waals surface area contributed by atoms with E-state index in [4.69, 9.17) is 4.74 Å². The van der Waals surface area contributed by atoms with Crippen LogP contribution < -0.4 is 10.1 Å². The molecule has 1 aromatic rings. The second-order valence-corrected chi connectivity index (χ2v) is 5.02. The lowest BCUT2D eigenvalue weighted by Crippen LogP contribution is -2.30. The number of rotatable bonds is 6. The minimum Gasteiger partial charge on any atom is -0.490 e. The van der Waals surface area contributed by atoms with Gasteiger partial charge in [0.1, 0.15) is 5.75 Å². The van der Waals surface area contributed by atoms with Gasteiger partial charge < -0.3 is 10.1 Å². The third-order valence-corrected chi connectivity index (χ3v) is 3.49. The van der Waals surface area contributed by atoms with E-state index < -0.39 is 0 Å². The molecule has 0 spiro atoms. The van der Waals surface area contributed by atoms with Crippen molar-refractivity contribution in [1.82, 2.24) is 5.32 Å². The normalized spacial score (nSPS) is 18.8. The first kappa shape index (κ1) is 12.4. The van der Waals surface area contributed by atoms with Crippen LogP contribution in [0.5, 0.6) is 5.75 Å². The maximum Gasteiger partial charge on any atom is 0.120 e. The highest BCUT2D eigenvalue weighted by molar-refractivity contribution is 5.31. The summed E-state index contributed by atoms with van der Waals surface area (Å²) in [6.45, 7) is 7.67. The third kappa shape index (κ3) is 3.47. The molecule has 1 aliphatic carbocycles. The van der Waals surface area contributed by atoms with Gasteiger partial charge in [-0.25, -0.2) is 0 Å². The molecular formula is C15H23NO. The van der Waals surface area contributed by atoms with Gasteiger partial charge in [-0.1, -0.05) is 26.0 Å². The standard InChI is InChI=1S/C15H23NO/c1-4-16-12(3)11(2)13-6-5-7-15(10-13)17-14-8-9-14/h5-7,10-12,14,16H,4,8-9H2,1-3H3. The van der Waals surface area contributed by atoms with Crippen LogP contribution in [0.4, 0.5) is 0 Å². The van der Waals surface area contributed by atoms with Crippen LogP contribution in [0.25, 0.3) is 0 Å². The lowest BCUT2D eigenvalue weighted by atomic mass is 9.94. The third-order valence-electron chi connectivity index (χ3n) is 3.49. The van der Waals surface area contributed by atoms with Crippen molar-refractivity contribution in [2.24, 2.45) is 0 Å². The lowest BCUT2D eigenvalue weighted by Gasteiger charge is -2.21. The Bertz CT molecular complexity index is 360. The van der Waals surface area contributed by atoms with Crippen LogP contribution in [-0.2, 0) is 0 Å². The molecule has 0 amide bonds. The van der Waals surface area contributed by atoms with Gasteiger partial charge in [-0.2, -0.15) is 0 Å². The van der Waals surface area contributed by atoms with Gasteiger partial charge >= 0.3 is 0 Å². The van der Waals surface area contributed by atoms with Gasteiger partial charge in [-0.3, -0.25) is 0 Å². The molecule has 0 bridgehead atoms. The number of hydrogen-bond acceptors (Lipinski definition) is 2. The summed E-state index contributed by atoms with van der Waals surface area (Å²) in [6.07, 6.45) is 2.91. The molecule has 2 atom stereocenters. The molecule has 1 aliphatic rings. The summed E-state index contributed by atoms with van der Waals surface area (Å²) >= 11 is 0. The Labute approximate surface area is 104 Å². The molecule has 2 heteroatoms. The minimum atomic E-state index is 0.478. The highest BCUT2D eigenvalue weighted by Gasteiger charge is 2.23. The molecule has 1 saturated carbocycles. The molecule has 0 aromatic heterocycles. The van der Waals surface area contributed by atoms with Gasteiger partial charge in [0.15, 0.2) is 0 Å². The Hall–Kier alpha value is -1.02. The van der Waals surface area contributed by atoms with Crippen molar-refractivity contribution in [3.63, 3.8) is 0 Å². The first-order valence-corrected chi connectivity index (χ1v) is 6.70. The largest absolute Gasteiger partial charge is 0.490 e. The zero-order valence-corrected chi connectivity index (χ0v) is 11.1. The van der Waals surface area contributed by atoms with Gasteiger partial charge in [0.25, 0.3) is 0 Å². The van der Waals surface area contributed by atoms with E-state index in [0.29, 0.717) is 18.1 Å². The van der Waals surface area contributed by atoms with Gasteiger partial charge in [-0.15, -0.1) is 0 Å². The van der Waals surface area contributed by atoms with E-state index in [0.717, 1.165) is 12.3 Å². The molecule has 1 aromatic carbocycles. The lowest BCUT2D eigenvalue weighted by molar-refractivity contribution is 0.302. The van der Waals surface area contributed by atoms with Crippen LogP contribution in [0.15, 0.2) is 24.3 Å².